The molecule has 0 unspecified atom stereocenters. The average Bonchev–Trinajstić information content (AvgIpc) is 2.57. The van der Waals surface area contributed by atoms with E-state index in [1.807, 2.05) is 36.4 Å². The van der Waals surface area contributed by atoms with Gasteiger partial charge in [-0.05, 0) is 29.8 Å². The molecule has 0 saturated carbocycles. The SMILES string of the molecule is O=C(Cc1ccc(Cl)cc1)NCCN1CCOc2ccccc21. The van der Waals surface area contributed by atoms with Gasteiger partial charge in [-0.2, -0.15) is 0 Å². The Morgan fingerprint density at radius 2 is 1.96 bits per heavy atom. The average molecular weight is 331 g/mol. The fraction of sp³-hybridized carbons (Fsp3) is 0.278. The third-order valence-electron chi connectivity index (χ3n) is 3.81. The first kappa shape index (κ1) is 15.7. The lowest BCUT2D eigenvalue weighted by molar-refractivity contribution is -0.120. The number of anilines is 1. The summed E-state index contributed by atoms with van der Waals surface area (Å²) in [5, 5.41) is 3.65. The van der Waals surface area contributed by atoms with Crippen molar-refractivity contribution in [3.63, 3.8) is 0 Å². The zero-order chi connectivity index (χ0) is 16.1. The molecule has 2 aromatic rings. The van der Waals surface area contributed by atoms with Crippen molar-refractivity contribution < 1.29 is 9.53 Å². The largest absolute Gasteiger partial charge is 0.490 e. The molecule has 1 amide bonds. The van der Waals surface area contributed by atoms with Crippen LogP contribution in [0, 0.1) is 0 Å². The van der Waals surface area contributed by atoms with Gasteiger partial charge in [-0.1, -0.05) is 35.9 Å². The molecular formula is C18H19ClN2O2. The van der Waals surface area contributed by atoms with Crippen LogP contribution in [0.4, 0.5) is 5.69 Å². The number of carbonyl (C=O) groups is 1. The van der Waals surface area contributed by atoms with Gasteiger partial charge in [-0.3, -0.25) is 4.79 Å². The predicted molar refractivity (Wildman–Crippen MR) is 92.3 cm³/mol. The number of fused-ring (bicyclic) bond motifs is 1. The highest BCUT2D eigenvalue weighted by molar-refractivity contribution is 6.30. The molecule has 0 bridgehead atoms. The van der Waals surface area contributed by atoms with Gasteiger partial charge >= 0.3 is 0 Å². The molecule has 1 heterocycles. The van der Waals surface area contributed by atoms with E-state index in [9.17, 15) is 4.79 Å². The van der Waals surface area contributed by atoms with Crippen LogP contribution < -0.4 is 15.0 Å². The van der Waals surface area contributed by atoms with Gasteiger partial charge in [-0.15, -0.1) is 0 Å². The van der Waals surface area contributed by atoms with Crippen molar-refractivity contribution in [3.05, 3.63) is 59.1 Å². The number of benzene rings is 2. The van der Waals surface area contributed by atoms with Crippen molar-refractivity contribution in [2.75, 3.05) is 31.1 Å². The summed E-state index contributed by atoms with van der Waals surface area (Å²) in [6.07, 6.45) is 0.372. The molecule has 5 heteroatoms. The molecule has 120 valence electrons. The van der Waals surface area contributed by atoms with Crippen molar-refractivity contribution in [3.8, 4) is 5.75 Å². The molecule has 0 saturated heterocycles. The first-order valence-electron chi connectivity index (χ1n) is 7.70. The highest BCUT2D eigenvalue weighted by Gasteiger charge is 2.16. The lowest BCUT2D eigenvalue weighted by atomic mass is 10.1. The van der Waals surface area contributed by atoms with Crippen LogP contribution >= 0.6 is 11.6 Å². The predicted octanol–water partition coefficient (Wildman–Crippen LogP) is 2.90. The molecule has 1 N–H and O–H groups in total. The van der Waals surface area contributed by atoms with Crippen molar-refractivity contribution in [2.24, 2.45) is 0 Å². The summed E-state index contributed by atoms with van der Waals surface area (Å²) < 4.78 is 5.63. The summed E-state index contributed by atoms with van der Waals surface area (Å²) in [4.78, 5) is 14.2. The molecule has 1 aliphatic heterocycles. The standard InChI is InChI=1S/C18H19ClN2O2/c19-15-7-5-14(6-8-15)13-18(22)20-9-10-21-11-12-23-17-4-2-1-3-16(17)21/h1-8H,9-13H2,(H,20,22). The molecule has 2 aromatic carbocycles. The molecule has 0 aliphatic carbocycles. The fourth-order valence-corrected chi connectivity index (χ4v) is 2.77. The minimum absolute atomic E-state index is 0.0221. The van der Waals surface area contributed by atoms with E-state index < -0.39 is 0 Å². The summed E-state index contributed by atoms with van der Waals surface area (Å²) in [6.45, 7) is 2.90. The van der Waals surface area contributed by atoms with E-state index in [1.165, 1.54) is 0 Å². The highest BCUT2D eigenvalue weighted by Crippen LogP contribution is 2.30. The third-order valence-corrected chi connectivity index (χ3v) is 4.06. The van der Waals surface area contributed by atoms with Gasteiger partial charge in [0.1, 0.15) is 12.4 Å². The van der Waals surface area contributed by atoms with Crippen molar-refractivity contribution >= 4 is 23.2 Å². The zero-order valence-electron chi connectivity index (χ0n) is 12.8. The molecule has 0 radical (unpaired) electrons. The second kappa shape index (κ2) is 7.38. The minimum atomic E-state index is 0.0221. The summed E-state index contributed by atoms with van der Waals surface area (Å²) in [6, 6.07) is 15.3. The Balaban J connectivity index is 1.48. The molecule has 0 spiro atoms. The van der Waals surface area contributed by atoms with Crippen molar-refractivity contribution in [2.45, 2.75) is 6.42 Å². The van der Waals surface area contributed by atoms with Gasteiger partial charge in [0.15, 0.2) is 0 Å². The van der Waals surface area contributed by atoms with Crippen LogP contribution in [0.25, 0.3) is 0 Å². The maximum absolute atomic E-state index is 12.0. The first-order valence-corrected chi connectivity index (χ1v) is 8.08. The number of hydrogen-bond donors (Lipinski definition) is 1. The monoisotopic (exact) mass is 330 g/mol. The minimum Gasteiger partial charge on any atom is -0.490 e. The number of ether oxygens (including phenoxy) is 1. The molecule has 0 atom stereocenters. The van der Waals surface area contributed by atoms with Gasteiger partial charge in [0, 0.05) is 18.1 Å². The van der Waals surface area contributed by atoms with E-state index in [1.54, 1.807) is 12.1 Å². The second-order valence-corrected chi connectivity index (χ2v) is 5.89. The van der Waals surface area contributed by atoms with Crippen molar-refractivity contribution in [1.29, 1.82) is 0 Å². The van der Waals surface area contributed by atoms with Gasteiger partial charge < -0.3 is 15.0 Å². The highest BCUT2D eigenvalue weighted by atomic mass is 35.5. The summed E-state index contributed by atoms with van der Waals surface area (Å²) in [7, 11) is 0. The second-order valence-electron chi connectivity index (χ2n) is 5.46. The van der Waals surface area contributed by atoms with Crippen LogP contribution in [-0.2, 0) is 11.2 Å². The molecule has 23 heavy (non-hydrogen) atoms. The van der Waals surface area contributed by atoms with E-state index >= 15 is 0 Å². The van der Waals surface area contributed by atoms with Crippen LogP contribution in [-0.4, -0.2) is 32.1 Å². The van der Waals surface area contributed by atoms with Gasteiger partial charge in [-0.25, -0.2) is 0 Å². The van der Waals surface area contributed by atoms with Crippen LogP contribution in [0.15, 0.2) is 48.5 Å². The molecule has 0 aromatic heterocycles. The van der Waals surface area contributed by atoms with E-state index in [0.29, 0.717) is 24.6 Å². The Kier molecular flexibility index (Phi) is 5.03. The first-order chi connectivity index (χ1) is 11.2. The number of halogens is 1. The van der Waals surface area contributed by atoms with Crippen LogP contribution in [0.3, 0.4) is 0 Å². The number of carbonyl (C=O) groups excluding carboxylic acids is 1. The van der Waals surface area contributed by atoms with Gasteiger partial charge in [0.25, 0.3) is 0 Å². The van der Waals surface area contributed by atoms with E-state index in [4.69, 9.17) is 16.3 Å². The van der Waals surface area contributed by atoms with E-state index in [0.717, 1.165) is 30.1 Å². The lowest BCUT2D eigenvalue weighted by Crippen LogP contribution is -2.39. The van der Waals surface area contributed by atoms with Crippen LogP contribution in [0.2, 0.25) is 5.02 Å². The number of rotatable bonds is 5. The summed E-state index contributed by atoms with van der Waals surface area (Å²) >= 11 is 5.84. The van der Waals surface area contributed by atoms with Gasteiger partial charge in [0.2, 0.25) is 5.91 Å². The van der Waals surface area contributed by atoms with E-state index in [2.05, 4.69) is 10.2 Å². The number of amides is 1. The zero-order valence-corrected chi connectivity index (χ0v) is 13.6. The molecule has 1 aliphatic rings. The fourth-order valence-electron chi connectivity index (χ4n) is 2.64. The van der Waals surface area contributed by atoms with Gasteiger partial charge in [0.05, 0.1) is 18.7 Å². The number of nitrogens with zero attached hydrogens (tertiary/aromatic N) is 1. The number of hydrogen-bond acceptors (Lipinski definition) is 3. The van der Waals surface area contributed by atoms with Crippen LogP contribution in [0.5, 0.6) is 5.75 Å². The maximum Gasteiger partial charge on any atom is 0.224 e. The maximum atomic E-state index is 12.0. The number of para-hydroxylation sites is 2. The Morgan fingerprint density at radius 3 is 2.78 bits per heavy atom. The Labute approximate surface area is 141 Å². The Bertz CT molecular complexity index is 673. The third kappa shape index (κ3) is 4.17. The quantitative estimate of drug-likeness (QED) is 0.916. The topological polar surface area (TPSA) is 41.6 Å². The van der Waals surface area contributed by atoms with Crippen LogP contribution in [0.1, 0.15) is 5.56 Å². The normalized spacial score (nSPS) is 13.2. The molecule has 0 fully saturated rings. The number of nitrogens with one attached hydrogen (secondary N) is 1. The van der Waals surface area contributed by atoms with Crippen molar-refractivity contribution in [1.82, 2.24) is 5.32 Å². The Hall–Kier alpha value is -2.20. The molecule has 3 rings (SSSR count). The summed E-state index contributed by atoms with van der Waals surface area (Å²) in [5.74, 6) is 0.931. The molecule has 4 nitrogen and oxygen atoms in total. The smallest absolute Gasteiger partial charge is 0.224 e. The lowest BCUT2D eigenvalue weighted by Gasteiger charge is -2.31. The summed E-state index contributed by atoms with van der Waals surface area (Å²) in [5.41, 5.74) is 2.05. The Morgan fingerprint density at radius 1 is 1.17 bits per heavy atom. The van der Waals surface area contributed by atoms with E-state index in [-0.39, 0.29) is 5.91 Å². The molecular weight excluding hydrogens is 312 g/mol.